The van der Waals surface area contributed by atoms with Gasteiger partial charge in [0.1, 0.15) is 5.75 Å². The summed E-state index contributed by atoms with van der Waals surface area (Å²) >= 11 is 2.26. The van der Waals surface area contributed by atoms with Gasteiger partial charge >= 0.3 is 0 Å². The van der Waals surface area contributed by atoms with Crippen molar-refractivity contribution in [3.05, 3.63) is 51.7 Å². The topological polar surface area (TPSA) is 34.2 Å². The van der Waals surface area contributed by atoms with Crippen molar-refractivity contribution >= 4 is 22.6 Å². The Balaban J connectivity index is 2.19. The van der Waals surface area contributed by atoms with Crippen LogP contribution in [-0.4, -0.2) is 12.0 Å². The number of nitrogens with zero attached hydrogens (tertiary/aromatic N) is 1. The van der Waals surface area contributed by atoms with Crippen LogP contribution in [0, 0.1) is 3.57 Å². The lowest BCUT2D eigenvalue weighted by molar-refractivity contribution is 0.460. The second kappa shape index (κ2) is 6.15. The molecular formula is C14H15IN2O. The third kappa shape index (κ3) is 3.43. The van der Waals surface area contributed by atoms with Crippen molar-refractivity contribution in [2.45, 2.75) is 13.0 Å². The van der Waals surface area contributed by atoms with E-state index in [1.165, 1.54) is 0 Å². The van der Waals surface area contributed by atoms with Gasteiger partial charge in [-0.25, -0.2) is 4.98 Å². The van der Waals surface area contributed by atoms with Crippen LogP contribution in [-0.2, 0) is 0 Å². The standard InChI is InChI=1S/C14H15IN2O/c1-10(16-2)11-6-7-17-14(8-11)18-13-5-3-4-12(15)9-13/h3-10,16H,1-2H3. The van der Waals surface area contributed by atoms with Crippen LogP contribution < -0.4 is 10.1 Å². The zero-order chi connectivity index (χ0) is 13.0. The summed E-state index contributed by atoms with van der Waals surface area (Å²) < 4.78 is 6.89. The van der Waals surface area contributed by atoms with Crippen LogP contribution in [0.15, 0.2) is 42.6 Å². The number of hydrogen-bond donors (Lipinski definition) is 1. The molecule has 0 aliphatic rings. The lowest BCUT2D eigenvalue weighted by Gasteiger charge is -2.11. The Hall–Kier alpha value is -1.14. The van der Waals surface area contributed by atoms with Crippen LogP contribution in [0.3, 0.4) is 0 Å². The van der Waals surface area contributed by atoms with Gasteiger partial charge in [0.15, 0.2) is 0 Å². The first-order chi connectivity index (χ1) is 8.69. The van der Waals surface area contributed by atoms with Gasteiger partial charge in [-0.1, -0.05) is 6.07 Å². The zero-order valence-corrected chi connectivity index (χ0v) is 12.5. The average Bonchev–Trinajstić information content (AvgIpc) is 2.38. The Morgan fingerprint density at radius 2 is 2.11 bits per heavy atom. The van der Waals surface area contributed by atoms with Gasteiger partial charge in [0.05, 0.1) is 0 Å². The number of halogens is 1. The fourth-order valence-electron chi connectivity index (χ4n) is 1.57. The molecule has 0 bridgehead atoms. The summed E-state index contributed by atoms with van der Waals surface area (Å²) in [5.41, 5.74) is 1.16. The number of hydrogen-bond acceptors (Lipinski definition) is 3. The van der Waals surface area contributed by atoms with E-state index in [0.717, 1.165) is 14.9 Å². The van der Waals surface area contributed by atoms with Crippen molar-refractivity contribution in [3.63, 3.8) is 0 Å². The lowest BCUT2D eigenvalue weighted by Crippen LogP contribution is -2.12. The van der Waals surface area contributed by atoms with E-state index in [1.807, 2.05) is 43.4 Å². The minimum Gasteiger partial charge on any atom is -0.439 e. The Bertz CT molecular complexity index is 531. The minimum absolute atomic E-state index is 0.284. The van der Waals surface area contributed by atoms with Gasteiger partial charge in [-0.3, -0.25) is 0 Å². The predicted molar refractivity (Wildman–Crippen MR) is 80.9 cm³/mol. The molecule has 1 N–H and O–H groups in total. The summed E-state index contributed by atoms with van der Waals surface area (Å²) in [5, 5.41) is 3.20. The van der Waals surface area contributed by atoms with Crippen LogP contribution in [0.4, 0.5) is 0 Å². The van der Waals surface area contributed by atoms with Crippen LogP contribution in [0.5, 0.6) is 11.6 Å². The van der Waals surface area contributed by atoms with E-state index in [1.54, 1.807) is 6.20 Å². The number of benzene rings is 1. The summed E-state index contributed by atoms with van der Waals surface area (Å²) in [6.07, 6.45) is 1.77. The minimum atomic E-state index is 0.284. The highest BCUT2D eigenvalue weighted by molar-refractivity contribution is 14.1. The molecule has 1 aromatic carbocycles. The quantitative estimate of drug-likeness (QED) is 0.849. The molecule has 94 valence electrons. The molecule has 1 heterocycles. The molecule has 0 aliphatic carbocycles. The second-order valence-electron chi connectivity index (χ2n) is 4.00. The molecule has 0 radical (unpaired) electrons. The van der Waals surface area contributed by atoms with E-state index in [0.29, 0.717) is 5.88 Å². The lowest BCUT2D eigenvalue weighted by atomic mass is 10.1. The number of aromatic nitrogens is 1. The first kappa shape index (κ1) is 13.3. The van der Waals surface area contributed by atoms with Crippen LogP contribution in [0.1, 0.15) is 18.5 Å². The van der Waals surface area contributed by atoms with E-state index in [9.17, 15) is 0 Å². The summed E-state index contributed by atoms with van der Waals surface area (Å²) in [6.45, 7) is 2.10. The fourth-order valence-corrected chi connectivity index (χ4v) is 2.08. The number of ether oxygens (including phenoxy) is 1. The molecule has 1 unspecified atom stereocenters. The normalized spacial score (nSPS) is 12.2. The maximum Gasteiger partial charge on any atom is 0.219 e. The summed E-state index contributed by atoms with van der Waals surface area (Å²) in [5.74, 6) is 1.43. The molecule has 0 amide bonds. The number of nitrogens with one attached hydrogen (secondary N) is 1. The Kier molecular flexibility index (Phi) is 4.54. The molecule has 1 aromatic heterocycles. The molecule has 1 atom stereocenters. The molecular weight excluding hydrogens is 339 g/mol. The predicted octanol–water partition coefficient (Wildman–Crippen LogP) is 3.76. The van der Waals surface area contributed by atoms with Crippen molar-refractivity contribution in [2.75, 3.05) is 7.05 Å². The summed E-state index contributed by atoms with van der Waals surface area (Å²) in [6, 6.07) is 12.1. The van der Waals surface area contributed by atoms with E-state index in [4.69, 9.17) is 4.74 Å². The molecule has 0 aliphatic heterocycles. The van der Waals surface area contributed by atoms with E-state index in [2.05, 4.69) is 39.8 Å². The number of rotatable bonds is 4. The molecule has 0 saturated heterocycles. The highest BCUT2D eigenvalue weighted by Crippen LogP contribution is 2.23. The largest absolute Gasteiger partial charge is 0.439 e. The third-order valence-electron chi connectivity index (χ3n) is 2.71. The van der Waals surface area contributed by atoms with Crippen LogP contribution in [0.25, 0.3) is 0 Å². The molecule has 2 aromatic rings. The average molecular weight is 354 g/mol. The zero-order valence-electron chi connectivity index (χ0n) is 10.4. The monoisotopic (exact) mass is 354 g/mol. The van der Waals surface area contributed by atoms with Gasteiger partial charge in [-0.15, -0.1) is 0 Å². The molecule has 18 heavy (non-hydrogen) atoms. The summed E-state index contributed by atoms with van der Waals surface area (Å²) in [7, 11) is 1.94. The highest BCUT2D eigenvalue weighted by atomic mass is 127. The van der Waals surface area contributed by atoms with E-state index in [-0.39, 0.29) is 6.04 Å². The van der Waals surface area contributed by atoms with Crippen molar-refractivity contribution in [3.8, 4) is 11.6 Å². The molecule has 4 heteroatoms. The maximum atomic E-state index is 5.75. The van der Waals surface area contributed by atoms with Crippen LogP contribution >= 0.6 is 22.6 Å². The Morgan fingerprint density at radius 3 is 2.83 bits per heavy atom. The molecule has 0 saturated carbocycles. The van der Waals surface area contributed by atoms with Crippen molar-refractivity contribution in [2.24, 2.45) is 0 Å². The first-order valence-electron chi connectivity index (χ1n) is 5.75. The van der Waals surface area contributed by atoms with E-state index < -0.39 is 0 Å². The highest BCUT2D eigenvalue weighted by Gasteiger charge is 2.05. The molecule has 0 fully saturated rings. The first-order valence-corrected chi connectivity index (χ1v) is 6.83. The second-order valence-corrected chi connectivity index (χ2v) is 5.24. The fraction of sp³-hybridized carbons (Fsp3) is 0.214. The van der Waals surface area contributed by atoms with Gasteiger partial charge in [0.2, 0.25) is 5.88 Å². The smallest absolute Gasteiger partial charge is 0.219 e. The maximum absolute atomic E-state index is 5.75. The molecule has 0 spiro atoms. The van der Waals surface area contributed by atoms with Crippen LogP contribution in [0.2, 0.25) is 0 Å². The number of pyridine rings is 1. The van der Waals surface area contributed by atoms with Gasteiger partial charge in [-0.2, -0.15) is 0 Å². The van der Waals surface area contributed by atoms with Gasteiger partial charge < -0.3 is 10.1 Å². The van der Waals surface area contributed by atoms with E-state index >= 15 is 0 Å². The Morgan fingerprint density at radius 1 is 1.28 bits per heavy atom. The third-order valence-corrected chi connectivity index (χ3v) is 3.38. The van der Waals surface area contributed by atoms with Gasteiger partial charge in [0.25, 0.3) is 0 Å². The van der Waals surface area contributed by atoms with Crippen molar-refractivity contribution < 1.29 is 4.74 Å². The molecule has 2 rings (SSSR count). The molecule has 3 nitrogen and oxygen atoms in total. The van der Waals surface area contributed by atoms with Gasteiger partial charge in [-0.05, 0) is 66.4 Å². The summed E-state index contributed by atoms with van der Waals surface area (Å²) in [4.78, 5) is 4.23. The SMILES string of the molecule is CNC(C)c1ccnc(Oc2cccc(I)c2)c1. The van der Waals surface area contributed by atoms with Crippen molar-refractivity contribution in [1.82, 2.24) is 10.3 Å². The van der Waals surface area contributed by atoms with Crippen molar-refractivity contribution in [1.29, 1.82) is 0 Å². The Labute approximate surface area is 121 Å². The van der Waals surface area contributed by atoms with Gasteiger partial charge in [0, 0.05) is 21.9 Å².